The Bertz CT molecular complexity index is 476. The molecule has 0 aromatic carbocycles. The van der Waals surface area contributed by atoms with Crippen LogP contribution in [0.1, 0.15) is 34.0 Å². The number of pyridine rings is 1. The summed E-state index contributed by atoms with van der Waals surface area (Å²) in [6.45, 7) is 4.23. The van der Waals surface area contributed by atoms with Gasteiger partial charge in [-0.2, -0.15) is 0 Å². The van der Waals surface area contributed by atoms with Crippen LogP contribution in [0, 0.1) is 6.92 Å². The summed E-state index contributed by atoms with van der Waals surface area (Å²) in [5, 5.41) is 0. The minimum Gasteiger partial charge on any atom is -0.318 e. The van der Waals surface area contributed by atoms with Gasteiger partial charge in [0, 0.05) is 16.0 Å². The highest BCUT2D eigenvalue weighted by Gasteiger charge is 2.14. The Morgan fingerprint density at radius 2 is 2.19 bits per heavy atom. The third-order valence-electron chi connectivity index (χ3n) is 2.67. The molecule has 0 saturated carbocycles. The summed E-state index contributed by atoms with van der Waals surface area (Å²) in [4.78, 5) is 6.89. The number of hydrogen-bond donors (Lipinski definition) is 1. The molecule has 2 aromatic heterocycles. The zero-order chi connectivity index (χ0) is 11.5. The van der Waals surface area contributed by atoms with Crippen molar-refractivity contribution < 1.29 is 0 Å². The van der Waals surface area contributed by atoms with E-state index in [1.807, 2.05) is 12.3 Å². The standard InChI is InChI=1S/C13H16N2S/c1-3-10-5-4-8-15-13(10)12(14)11-7-6-9(2)16-11/h4-8,12H,3,14H2,1-2H3. The van der Waals surface area contributed by atoms with Crippen LogP contribution in [0.15, 0.2) is 30.5 Å². The molecule has 1 unspecified atom stereocenters. The zero-order valence-corrected chi connectivity index (χ0v) is 10.4. The van der Waals surface area contributed by atoms with Crippen molar-refractivity contribution in [1.29, 1.82) is 0 Å². The molecular formula is C13H16N2S. The topological polar surface area (TPSA) is 38.9 Å². The first-order chi connectivity index (χ1) is 7.72. The van der Waals surface area contributed by atoms with E-state index in [1.54, 1.807) is 11.3 Å². The predicted octanol–water partition coefficient (Wildman–Crippen LogP) is 3.06. The molecule has 0 radical (unpaired) electrons. The minimum atomic E-state index is -0.0881. The van der Waals surface area contributed by atoms with Gasteiger partial charge in [0.05, 0.1) is 11.7 Å². The van der Waals surface area contributed by atoms with Crippen molar-refractivity contribution in [2.75, 3.05) is 0 Å². The first-order valence-electron chi connectivity index (χ1n) is 5.48. The lowest BCUT2D eigenvalue weighted by molar-refractivity contribution is 0.821. The monoisotopic (exact) mass is 232 g/mol. The molecule has 2 N–H and O–H groups in total. The molecule has 0 fully saturated rings. The summed E-state index contributed by atoms with van der Waals surface area (Å²) in [5.41, 5.74) is 8.50. The number of thiophene rings is 1. The average molecular weight is 232 g/mol. The molecule has 2 heterocycles. The van der Waals surface area contributed by atoms with Crippen molar-refractivity contribution in [1.82, 2.24) is 4.98 Å². The van der Waals surface area contributed by atoms with Gasteiger partial charge in [-0.3, -0.25) is 4.98 Å². The molecule has 0 aliphatic carbocycles. The number of aromatic nitrogens is 1. The Hall–Kier alpha value is -1.19. The van der Waals surface area contributed by atoms with E-state index in [0.717, 1.165) is 12.1 Å². The van der Waals surface area contributed by atoms with E-state index in [0.29, 0.717) is 0 Å². The lowest BCUT2D eigenvalue weighted by atomic mass is 10.0. The lowest BCUT2D eigenvalue weighted by Crippen LogP contribution is -2.14. The van der Waals surface area contributed by atoms with Crippen LogP contribution < -0.4 is 5.73 Å². The van der Waals surface area contributed by atoms with Gasteiger partial charge in [-0.25, -0.2) is 0 Å². The van der Waals surface area contributed by atoms with Crippen LogP contribution >= 0.6 is 11.3 Å². The SMILES string of the molecule is CCc1cccnc1C(N)c1ccc(C)s1. The molecule has 2 rings (SSSR count). The van der Waals surface area contributed by atoms with Crippen molar-refractivity contribution in [3.05, 3.63) is 51.5 Å². The number of rotatable bonds is 3. The fraction of sp³-hybridized carbons (Fsp3) is 0.308. The number of nitrogens with zero attached hydrogens (tertiary/aromatic N) is 1. The Labute approximate surface area is 100 Å². The fourth-order valence-corrected chi connectivity index (χ4v) is 2.67. The number of aryl methyl sites for hydroxylation is 2. The van der Waals surface area contributed by atoms with Gasteiger partial charge in [0.2, 0.25) is 0 Å². The van der Waals surface area contributed by atoms with E-state index < -0.39 is 0 Å². The molecule has 0 spiro atoms. The highest BCUT2D eigenvalue weighted by Crippen LogP contribution is 2.27. The molecule has 0 aliphatic heterocycles. The van der Waals surface area contributed by atoms with Crippen LogP contribution in [-0.2, 0) is 6.42 Å². The second-order valence-corrected chi connectivity index (χ2v) is 5.15. The van der Waals surface area contributed by atoms with Gasteiger partial charge < -0.3 is 5.73 Å². The minimum absolute atomic E-state index is 0.0881. The average Bonchev–Trinajstić information content (AvgIpc) is 2.75. The summed E-state index contributed by atoms with van der Waals surface area (Å²) in [6, 6.07) is 8.18. The summed E-state index contributed by atoms with van der Waals surface area (Å²) in [6.07, 6.45) is 2.79. The smallest absolute Gasteiger partial charge is 0.0822 e. The van der Waals surface area contributed by atoms with E-state index in [-0.39, 0.29) is 6.04 Å². The maximum Gasteiger partial charge on any atom is 0.0822 e. The fourth-order valence-electron chi connectivity index (χ4n) is 1.79. The third-order valence-corrected chi connectivity index (χ3v) is 3.75. The highest BCUT2D eigenvalue weighted by molar-refractivity contribution is 7.12. The van der Waals surface area contributed by atoms with Crippen molar-refractivity contribution >= 4 is 11.3 Å². The molecule has 1 atom stereocenters. The Morgan fingerprint density at radius 3 is 2.81 bits per heavy atom. The first-order valence-corrected chi connectivity index (χ1v) is 6.29. The van der Waals surface area contributed by atoms with Gasteiger partial charge in [-0.15, -0.1) is 11.3 Å². The molecule has 0 saturated heterocycles. The van der Waals surface area contributed by atoms with Crippen LogP contribution in [0.5, 0.6) is 0 Å². The highest BCUT2D eigenvalue weighted by atomic mass is 32.1. The Balaban J connectivity index is 2.36. The maximum absolute atomic E-state index is 6.25. The molecular weight excluding hydrogens is 216 g/mol. The number of hydrogen-bond acceptors (Lipinski definition) is 3. The zero-order valence-electron chi connectivity index (χ0n) is 9.60. The quantitative estimate of drug-likeness (QED) is 0.883. The van der Waals surface area contributed by atoms with E-state index in [2.05, 4.69) is 37.0 Å². The molecule has 0 aliphatic rings. The van der Waals surface area contributed by atoms with Crippen molar-refractivity contribution in [3.63, 3.8) is 0 Å². The van der Waals surface area contributed by atoms with Gasteiger partial charge in [0.1, 0.15) is 0 Å². The van der Waals surface area contributed by atoms with Gasteiger partial charge in [-0.05, 0) is 37.1 Å². The van der Waals surface area contributed by atoms with Gasteiger partial charge >= 0.3 is 0 Å². The summed E-state index contributed by atoms with van der Waals surface area (Å²) in [5.74, 6) is 0. The van der Waals surface area contributed by atoms with E-state index >= 15 is 0 Å². The van der Waals surface area contributed by atoms with Crippen LogP contribution in [0.4, 0.5) is 0 Å². The molecule has 84 valence electrons. The second-order valence-electron chi connectivity index (χ2n) is 3.83. The molecule has 3 heteroatoms. The third kappa shape index (κ3) is 2.15. The molecule has 0 amide bonds. The molecule has 0 bridgehead atoms. The van der Waals surface area contributed by atoms with Crippen LogP contribution in [0.2, 0.25) is 0 Å². The first kappa shape index (κ1) is 11.3. The van der Waals surface area contributed by atoms with Crippen molar-refractivity contribution in [2.24, 2.45) is 5.73 Å². The largest absolute Gasteiger partial charge is 0.318 e. The van der Waals surface area contributed by atoms with Gasteiger partial charge in [0.15, 0.2) is 0 Å². The van der Waals surface area contributed by atoms with Crippen LogP contribution in [0.3, 0.4) is 0 Å². The second kappa shape index (κ2) is 4.76. The van der Waals surface area contributed by atoms with Gasteiger partial charge in [0.25, 0.3) is 0 Å². The number of nitrogens with two attached hydrogens (primary N) is 1. The Morgan fingerprint density at radius 1 is 1.38 bits per heavy atom. The van der Waals surface area contributed by atoms with E-state index in [1.165, 1.54) is 15.3 Å². The van der Waals surface area contributed by atoms with E-state index in [9.17, 15) is 0 Å². The van der Waals surface area contributed by atoms with E-state index in [4.69, 9.17) is 5.73 Å². The lowest BCUT2D eigenvalue weighted by Gasteiger charge is -2.12. The predicted molar refractivity (Wildman–Crippen MR) is 68.7 cm³/mol. The van der Waals surface area contributed by atoms with Crippen molar-refractivity contribution in [2.45, 2.75) is 26.3 Å². The van der Waals surface area contributed by atoms with Crippen LogP contribution in [0.25, 0.3) is 0 Å². The summed E-state index contributed by atoms with van der Waals surface area (Å²) >= 11 is 1.74. The van der Waals surface area contributed by atoms with Crippen LogP contribution in [-0.4, -0.2) is 4.98 Å². The molecule has 2 nitrogen and oxygen atoms in total. The normalized spacial score (nSPS) is 12.7. The maximum atomic E-state index is 6.25. The molecule has 16 heavy (non-hydrogen) atoms. The van der Waals surface area contributed by atoms with Gasteiger partial charge in [-0.1, -0.05) is 13.0 Å². The van der Waals surface area contributed by atoms with Crippen molar-refractivity contribution in [3.8, 4) is 0 Å². The molecule has 2 aromatic rings. The summed E-state index contributed by atoms with van der Waals surface area (Å²) < 4.78 is 0. The summed E-state index contributed by atoms with van der Waals surface area (Å²) in [7, 11) is 0. The Kier molecular flexibility index (Phi) is 3.36.